The zero-order valence-electron chi connectivity index (χ0n) is 11.8. The molecule has 0 bridgehead atoms. The standard InChI is InChI=1S/C15H21ClN2S/c1-4-15(5-2,19-3)11-18-10-13-7-6-12(9-17)8-14(13)16/h6-8,18H,4-5,10-11H2,1-3H3. The van der Waals surface area contributed by atoms with Crippen LogP contribution in [0.15, 0.2) is 18.2 Å². The maximum atomic E-state index is 8.80. The quantitative estimate of drug-likeness (QED) is 0.818. The predicted molar refractivity (Wildman–Crippen MR) is 84.7 cm³/mol. The lowest BCUT2D eigenvalue weighted by atomic mass is 10.0. The maximum absolute atomic E-state index is 8.80. The molecule has 104 valence electrons. The third kappa shape index (κ3) is 4.42. The number of benzene rings is 1. The lowest BCUT2D eigenvalue weighted by Gasteiger charge is -2.30. The van der Waals surface area contributed by atoms with Crippen molar-refractivity contribution in [2.24, 2.45) is 0 Å². The first-order valence-corrected chi connectivity index (χ1v) is 8.15. The number of thioether (sulfide) groups is 1. The Morgan fingerprint density at radius 2 is 2.05 bits per heavy atom. The fourth-order valence-corrected chi connectivity index (χ4v) is 3.12. The van der Waals surface area contributed by atoms with E-state index in [2.05, 4.69) is 31.5 Å². The molecule has 0 radical (unpaired) electrons. The Hall–Kier alpha value is -0.690. The van der Waals surface area contributed by atoms with Crippen LogP contribution >= 0.6 is 23.4 Å². The second kappa shape index (κ2) is 7.79. The molecule has 0 fully saturated rings. The van der Waals surface area contributed by atoms with Gasteiger partial charge in [0.1, 0.15) is 0 Å². The maximum Gasteiger partial charge on any atom is 0.0992 e. The molecular formula is C15H21ClN2S. The van der Waals surface area contributed by atoms with Crippen LogP contribution in [-0.4, -0.2) is 17.5 Å². The summed E-state index contributed by atoms with van der Waals surface area (Å²) in [7, 11) is 0. The van der Waals surface area contributed by atoms with E-state index in [1.54, 1.807) is 6.07 Å². The minimum absolute atomic E-state index is 0.305. The molecular weight excluding hydrogens is 276 g/mol. The van der Waals surface area contributed by atoms with E-state index in [0.29, 0.717) is 15.3 Å². The van der Waals surface area contributed by atoms with Gasteiger partial charge in [0, 0.05) is 22.9 Å². The summed E-state index contributed by atoms with van der Waals surface area (Å²) >= 11 is 8.09. The van der Waals surface area contributed by atoms with Gasteiger partial charge in [0.15, 0.2) is 0 Å². The lowest BCUT2D eigenvalue weighted by molar-refractivity contribution is 0.495. The van der Waals surface area contributed by atoms with Crippen LogP contribution in [0.5, 0.6) is 0 Å². The summed E-state index contributed by atoms with van der Waals surface area (Å²) < 4.78 is 0.305. The van der Waals surface area contributed by atoms with Gasteiger partial charge in [-0.15, -0.1) is 0 Å². The highest BCUT2D eigenvalue weighted by Gasteiger charge is 2.24. The van der Waals surface area contributed by atoms with Gasteiger partial charge in [0.2, 0.25) is 0 Å². The van der Waals surface area contributed by atoms with Crippen molar-refractivity contribution in [3.63, 3.8) is 0 Å². The fraction of sp³-hybridized carbons (Fsp3) is 0.533. The third-order valence-corrected chi connectivity index (χ3v) is 5.61. The highest BCUT2D eigenvalue weighted by molar-refractivity contribution is 8.00. The third-order valence-electron chi connectivity index (χ3n) is 3.67. The number of rotatable bonds is 7. The molecule has 1 N–H and O–H groups in total. The molecule has 0 spiro atoms. The van der Waals surface area contributed by atoms with Gasteiger partial charge in [0.05, 0.1) is 11.6 Å². The molecule has 0 unspecified atom stereocenters. The van der Waals surface area contributed by atoms with E-state index in [1.165, 1.54) is 0 Å². The minimum atomic E-state index is 0.305. The number of nitrogens with zero attached hydrogens (tertiary/aromatic N) is 1. The van der Waals surface area contributed by atoms with Crippen LogP contribution in [0.3, 0.4) is 0 Å². The van der Waals surface area contributed by atoms with Crippen molar-refractivity contribution in [1.82, 2.24) is 5.32 Å². The summed E-state index contributed by atoms with van der Waals surface area (Å²) in [5.41, 5.74) is 1.65. The average molecular weight is 297 g/mol. The number of nitriles is 1. The van der Waals surface area contributed by atoms with Crippen LogP contribution < -0.4 is 5.32 Å². The van der Waals surface area contributed by atoms with Crippen LogP contribution in [0.4, 0.5) is 0 Å². The molecule has 19 heavy (non-hydrogen) atoms. The summed E-state index contributed by atoms with van der Waals surface area (Å²) in [6.45, 7) is 6.18. The zero-order chi connectivity index (χ0) is 14.3. The first-order chi connectivity index (χ1) is 9.10. The topological polar surface area (TPSA) is 35.8 Å². The Kier molecular flexibility index (Phi) is 6.71. The van der Waals surface area contributed by atoms with E-state index in [9.17, 15) is 0 Å². The minimum Gasteiger partial charge on any atom is -0.311 e. The van der Waals surface area contributed by atoms with Crippen molar-refractivity contribution in [2.75, 3.05) is 12.8 Å². The van der Waals surface area contributed by atoms with E-state index in [-0.39, 0.29) is 0 Å². The molecule has 0 aliphatic heterocycles. The summed E-state index contributed by atoms with van der Waals surface area (Å²) in [5, 5.41) is 13.0. The molecule has 1 aromatic carbocycles. The molecule has 0 aliphatic rings. The first kappa shape index (κ1) is 16.4. The van der Waals surface area contributed by atoms with Crippen molar-refractivity contribution in [3.05, 3.63) is 34.3 Å². The van der Waals surface area contributed by atoms with Gasteiger partial charge in [0.25, 0.3) is 0 Å². The Balaban J connectivity index is 2.61. The van der Waals surface area contributed by atoms with Gasteiger partial charge in [-0.3, -0.25) is 0 Å². The molecule has 0 saturated heterocycles. The van der Waals surface area contributed by atoms with Crippen LogP contribution in [0.2, 0.25) is 5.02 Å². The van der Waals surface area contributed by atoms with E-state index in [1.807, 2.05) is 23.9 Å². The van der Waals surface area contributed by atoms with E-state index in [0.717, 1.165) is 31.5 Å². The van der Waals surface area contributed by atoms with Crippen molar-refractivity contribution in [3.8, 4) is 6.07 Å². The van der Waals surface area contributed by atoms with E-state index < -0.39 is 0 Å². The Labute approximate surface area is 125 Å². The molecule has 1 rings (SSSR count). The van der Waals surface area contributed by atoms with Crippen molar-refractivity contribution in [2.45, 2.75) is 38.0 Å². The highest BCUT2D eigenvalue weighted by Crippen LogP contribution is 2.29. The molecule has 1 aromatic rings. The molecule has 0 amide bonds. The molecule has 2 nitrogen and oxygen atoms in total. The molecule has 0 aromatic heterocycles. The van der Waals surface area contributed by atoms with E-state index in [4.69, 9.17) is 16.9 Å². The van der Waals surface area contributed by atoms with Crippen molar-refractivity contribution < 1.29 is 0 Å². The zero-order valence-corrected chi connectivity index (χ0v) is 13.4. The van der Waals surface area contributed by atoms with Crippen LogP contribution in [0, 0.1) is 11.3 Å². The molecule has 4 heteroatoms. The van der Waals surface area contributed by atoms with Gasteiger partial charge >= 0.3 is 0 Å². The first-order valence-electron chi connectivity index (χ1n) is 6.55. The Morgan fingerprint density at radius 3 is 2.53 bits per heavy atom. The van der Waals surface area contributed by atoms with Gasteiger partial charge in [-0.25, -0.2) is 0 Å². The summed E-state index contributed by atoms with van der Waals surface area (Å²) in [4.78, 5) is 0. The summed E-state index contributed by atoms with van der Waals surface area (Å²) in [6, 6.07) is 7.55. The number of hydrogen-bond donors (Lipinski definition) is 1. The molecule has 0 heterocycles. The van der Waals surface area contributed by atoms with E-state index >= 15 is 0 Å². The van der Waals surface area contributed by atoms with Gasteiger partial charge in [-0.05, 0) is 36.8 Å². The number of halogens is 1. The Morgan fingerprint density at radius 1 is 1.37 bits per heavy atom. The fourth-order valence-electron chi connectivity index (χ4n) is 2.05. The second-order valence-corrected chi connectivity index (χ2v) is 6.30. The summed E-state index contributed by atoms with van der Waals surface area (Å²) in [5.74, 6) is 0. The number of hydrogen-bond acceptors (Lipinski definition) is 3. The predicted octanol–water partition coefficient (Wildman–Crippen LogP) is 4.22. The molecule has 0 saturated carbocycles. The van der Waals surface area contributed by atoms with Gasteiger partial charge in [-0.1, -0.05) is 31.5 Å². The number of nitrogens with one attached hydrogen (secondary N) is 1. The smallest absolute Gasteiger partial charge is 0.0992 e. The van der Waals surface area contributed by atoms with Crippen molar-refractivity contribution >= 4 is 23.4 Å². The normalized spacial score (nSPS) is 11.3. The monoisotopic (exact) mass is 296 g/mol. The summed E-state index contributed by atoms with van der Waals surface area (Å²) in [6.07, 6.45) is 4.47. The van der Waals surface area contributed by atoms with Gasteiger partial charge in [-0.2, -0.15) is 17.0 Å². The van der Waals surface area contributed by atoms with Crippen molar-refractivity contribution in [1.29, 1.82) is 5.26 Å². The lowest BCUT2D eigenvalue weighted by Crippen LogP contribution is -2.36. The Bertz CT molecular complexity index is 442. The van der Waals surface area contributed by atoms with Crippen LogP contribution in [0.25, 0.3) is 0 Å². The highest BCUT2D eigenvalue weighted by atomic mass is 35.5. The van der Waals surface area contributed by atoms with Gasteiger partial charge < -0.3 is 5.32 Å². The average Bonchev–Trinajstić information content (AvgIpc) is 2.45. The SMILES string of the molecule is CCC(CC)(CNCc1ccc(C#N)cc1Cl)SC. The van der Waals surface area contributed by atoms with Crippen LogP contribution in [-0.2, 0) is 6.54 Å². The van der Waals surface area contributed by atoms with Crippen LogP contribution in [0.1, 0.15) is 37.8 Å². The molecule has 0 aliphatic carbocycles. The second-order valence-electron chi connectivity index (χ2n) is 4.62. The molecule has 0 atom stereocenters. The largest absolute Gasteiger partial charge is 0.311 e.